The maximum Gasteiger partial charge on any atom is 0.274 e. The lowest BCUT2D eigenvalue weighted by molar-refractivity contribution is -0.0997. The monoisotopic (exact) mass is 398 g/mol. The topological polar surface area (TPSA) is 91.3 Å². The summed E-state index contributed by atoms with van der Waals surface area (Å²) in [6.45, 7) is 2.17. The molecule has 29 heavy (non-hydrogen) atoms. The first kappa shape index (κ1) is 19.8. The molecule has 2 heterocycles. The molecule has 1 amide bonds. The van der Waals surface area contributed by atoms with Gasteiger partial charge in [-0.2, -0.15) is 0 Å². The van der Waals surface area contributed by atoms with Crippen molar-refractivity contribution in [1.82, 2.24) is 10.4 Å². The Hall–Kier alpha value is -2.45. The predicted octanol–water partition coefficient (Wildman–Crippen LogP) is 2.49. The smallest absolute Gasteiger partial charge is 0.274 e. The largest absolute Gasteiger partial charge is 0.491 e. The Morgan fingerprint density at radius 2 is 1.90 bits per heavy atom. The molecule has 2 atom stereocenters. The van der Waals surface area contributed by atoms with Gasteiger partial charge < -0.3 is 14.6 Å². The van der Waals surface area contributed by atoms with Crippen LogP contribution in [0.4, 0.5) is 0 Å². The van der Waals surface area contributed by atoms with Crippen LogP contribution in [0.2, 0.25) is 0 Å². The summed E-state index contributed by atoms with van der Waals surface area (Å²) >= 11 is 0. The molecule has 1 saturated heterocycles. The standard InChI is InChI=1S/C22H26N2O5/c25-21(23-27)17-6-7-18-13-24(22(26)16-8-10-28-11-9-16)19(14-29-20(18)12-17)15-4-2-1-3-5-15/h1-7,12,16,19,22,26-27H,8-11,13-14H2,(H,23,25)/t19-,22?/m1/s1. The fourth-order valence-electron chi connectivity index (χ4n) is 4.12. The Bertz CT molecular complexity index is 838. The van der Waals surface area contributed by atoms with Gasteiger partial charge in [0.25, 0.3) is 5.91 Å². The number of amides is 1. The molecule has 0 bridgehead atoms. The molecule has 7 nitrogen and oxygen atoms in total. The number of nitrogens with zero attached hydrogens (tertiary/aromatic N) is 1. The van der Waals surface area contributed by atoms with Crippen LogP contribution in [0.5, 0.6) is 5.75 Å². The first-order valence-electron chi connectivity index (χ1n) is 9.94. The molecular formula is C22H26N2O5. The van der Waals surface area contributed by atoms with Crippen LogP contribution in [-0.2, 0) is 11.3 Å². The lowest BCUT2D eigenvalue weighted by Crippen LogP contribution is -2.45. The van der Waals surface area contributed by atoms with Crippen LogP contribution in [0.25, 0.3) is 0 Å². The lowest BCUT2D eigenvalue weighted by Gasteiger charge is -2.38. The second kappa shape index (κ2) is 8.92. The number of aliphatic hydroxyl groups excluding tert-OH is 1. The Balaban J connectivity index is 1.67. The molecule has 2 aliphatic heterocycles. The number of carbonyl (C=O) groups excluding carboxylic acids is 1. The molecule has 1 unspecified atom stereocenters. The van der Waals surface area contributed by atoms with Crippen molar-refractivity contribution in [1.29, 1.82) is 0 Å². The van der Waals surface area contributed by atoms with Crippen molar-refractivity contribution in [2.24, 2.45) is 5.92 Å². The van der Waals surface area contributed by atoms with Gasteiger partial charge in [-0.25, -0.2) is 5.48 Å². The molecule has 1 fully saturated rings. The molecule has 0 radical (unpaired) electrons. The highest BCUT2D eigenvalue weighted by Gasteiger charge is 2.35. The van der Waals surface area contributed by atoms with E-state index in [0.717, 1.165) is 24.0 Å². The zero-order valence-electron chi connectivity index (χ0n) is 16.2. The number of hydroxylamine groups is 1. The van der Waals surface area contributed by atoms with E-state index in [9.17, 15) is 9.90 Å². The molecule has 0 saturated carbocycles. The average molecular weight is 398 g/mol. The summed E-state index contributed by atoms with van der Waals surface area (Å²) in [5.74, 6) is 0.143. The predicted molar refractivity (Wildman–Crippen MR) is 105 cm³/mol. The van der Waals surface area contributed by atoms with E-state index >= 15 is 0 Å². The van der Waals surface area contributed by atoms with Crippen molar-refractivity contribution in [3.63, 3.8) is 0 Å². The van der Waals surface area contributed by atoms with E-state index in [1.54, 1.807) is 17.6 Å². The van der Waals surface area contributed by atoms with Crippen molar-refractivity contribution in [2.45, 2.75) is 31.7 Å². The summed E-state index contributed by atoms with van der Waals surface area (Å²) in [5.41, 5.74) is 3.93. The van der Waals surface area contributed by atoms with Crippen molar-refractivity contribution in [3.8, 4) is 5.75 Å². The van der Waals surface area contributed by atoms with Crippen molar-refractivity contribution >= 4 is 5.91 Å². The molecule has 2 aromatic rings. The number of hydrogen-bond donors (Lipinski definition) is 3. The van der Waals surface area contributed by atoms with Crippen LogP contribution >= 0.6 is 0 Å². The van der Waals surface area contributed by atoms with Crippen LogP contribution in [0.15, 0.2) is 48.5 Å². The van der Waals surface area contributed by atoms with Gasteiger partial charge in [-0.1, -0.05) is 36.4 Å². The molecule has 2 aliphatic rings. The fraction of sp³-hybridized carbons (Fsp3) is 0.409. The molecule has 154 valence electrons. The summed E-state index contributed by atoms with van der Waals surface area (Å²) in [4.78, 5) is 13.9. The Morgan fingerprint density at radius 1 is 1.14 bits per heavy atom. The van der Waals surface area contributed by atoms with Crippen LogP contribution in [0.3, 0.4) is 0 Å². The van der Waals surface area contributed by atoms with Gasteiger partial charge in [0, 0.05) is 36.8 Å². The van der Waals surface area contributed by atoms with Gasteiger partial charge in [-0.15, -0.1) is 0 Å². The quantitative estimate of drug-likeness (QED) is 0.541. The lowest BCUT2D eigenvalue weighted by atomic mass is 9.95. The zero-order valence-corrected chi connectivity index (χ0v) is 16.2. The van der Waals surface area contributed by atoms with Crippen LogP contribution < -0.4 is 10.2 Å². The molecule has 0 aromatic heterocycles. The summed E-state index contributed by atoms with van der Waals surface area (Å²) in [6, 6.07) is 15.0. The second-order valence-electron chi connectivity index (χ2n) is 7.54. The van der Waals surface area contributed by atoms with E-state index in [1.807, 2.05) is 36.4 Å². The maximum absolute atomic E-state index is 11.8. The van der Waals surface area contributed by atoms with E-state index < -0.39 is 12.1 Å². The van der Waals surface area contributed by atoms with Crippen LogP contribution in [-0.4, -0.2) is 47.2 Å². The summed E-state index contributed by atoms with van der Waals surface area (Å²) < 4.78 is 11.5. The van der Waals surface area contributed by atoms with Gasteiger partial charge >= 0.3 is 0 Å². The minimum Gasteiger partial charge on any atom is -0.491 e. The normalized spacial score (nSPS) is 21.5. The summed E-state index contributed by atoms with van der Waals surface area (Å²) in [7, 11) is 0. The van der Waals surface area contributed by atoms with Gasteiger partial charge in [0.05, 0.1) is 6.04 Å². The van der Waals surface area contributed by atoms with E-state index in [0.29, 0.717) is 37.7 Å². The number of hydrogen-bond acceptors (Lipinski definition) is 6. The van der Waals surface area contributed by atoms with Gasteiger partial charge in [0.15, 0.2) is 0 Å². The molecule has 4 rings (SSSR count). The van der Waals surface area contributed by atoms with Crippen molar-refractivity contribution in [3.05, 3.63) is 65.2 Å². The highest BCUT2D eigenvalue weighted by Crippen LogP contribution is 2.36. The maximum atomic E-state index is 11.8. The van der Waals surface area contributed by atoms with E-state index in [-0.39, 0.29) is 12.0 Å². The molecule has 0 spiro atoms. The summed E-state index contributed by atoms with van der Waals surface area (Å²) in [6.07, 6.45) is 1.02. The first-order valence-corrected chi connectivity index (χ1v) is 9.94. The van der Waals surface area contributed by atoms with E-state index in [4.69, 9.17) is 14.7 Å². The number of carbonyl (C=O) groups is 1. The molecular weight excluding hydrogens is 372 g/mol. The number of nitrogens with one attached hydrogen (secondary N) is 1. The molecule has 2 aromatic carbocycles. The van der Waals surface area contributed by atoms with Gasteiger partial charge in [-0.05, 0) is 30.5 Å². The number of fused-ring (bicyclic) bond motifs is 1. The SMILES string of the molecule is O=C(NO)c1ccc2c(c1)OC[C@H](c1ccccc1)N(C(O)C1CCOCC1)C2. The van der Waals surface area contributed by atoms with Gasteiger partial charge in [0.2, 0.25) is 0 Å². The first-order chi connectivity index (χ1) is 14.2. The Morgan fingerprint density at radius 3 is 2.62 bits per heavy atom. The van der Waals surface area contributed by atoms with E-state index in [2.05, 4.69) is 4.90 Å². The number of rotatable bonds is 4. The zero-order chi connectivity index (χ0) is 20.2. The Kier molecular flexibility index (Phi) is 6.10. The second-order valence-corrected chi connectivity index (χ2v) is 7.54. The van der Waals surface area contributed by atoms with Crippen LogP contribution in [0.1, 0.15) is 40.4 Å². The average Bonchev–Trinajstić information content (AvgIpc) is 2.98. The van der Waals surface area contributed by atoms with Gasteiger partial charge in [0.1, 0.15) is 18.6 Å². The number of aliphatic hydroxyl groups is 1. The highest BCUT2D eigenvalue weighted by atomic mass is 16.5. The Labute approximate surface area is 169 Å². The van der Waals surface area contributed by atoms with Crippen molar-refractivity contribution < 1.29 is 24.6 Å². The van der Waals surface area contributed by atoms with E-state index in [1.165, 1.54) is 0 Å². The number of ether oxygens (including phenoxy) is 2. The fourth-order valence-corrected chi connectivity index (χ4v) is 4.12. The minimum absolute atomic E-state index is 0.128. The van der Waals surface area contributed by atoms with Crippen molar-refractivity contribution in [2.75, 3.05) is 19.8 Å². The third kappa shape index (κ3) is 4.28. The molecule has 3 N–H and O–H groups in total. The number of benzene rings is 2. The van der Waals surface area contributed by atoms with Crippen LogP contribution in [0, 0.1) is 5.92 Å². The minimum atomic E-state index is -0.626. The molecule has 0 aliphatic carbocycles. The third-order valence-corrected chi connectivity index (χ3v) is 5.79. The van der Waals surface area contributed by atoms with Gasteiger partial charge in [-0.3, -0.25) is 14.9 Å². The third-order valence-electron chi connectivity index (χ3n) is 5.79. The highest BCUT2D eigenvalue weighted by molar-refractivity contribution is 5.93. The summed E-state index contributed by atoms with van der Waals surface area (Å²) in [5, 5.41) is 20.2. The molecule has 7 heteroatoms.